The van der Waals surface area contributed by atoms with Gasteiger partial charge in [-0.2, -0.15) is 0 Å². The Bertz CT molecular complexity index is 1160. The topological polar surface area (TPSA) is 229 Å². The fourth-order valence-corrected chi connectivity index (χ4v) is 4.48. The molecule has 0 saturated heterocycles. The number of hydrogen-bond donors (Lipinski definition) is 8. The molecular weight excluding hydrogens is 572 g/mol. The average Bonchev–Trinajstić information content (AvgIpc) is 2.92. The highest BCUT2D eigenvalue weighted by Gasteiger charge is 2.30. The number of carbonyl (C=O) groups is 6. The van der Waals surface area contributed by atoms with Crippen LogP contribution >= 0.6 is 0 Å². The van der Waals surface area contributed by atoms with Crippen molar-refractivity contribution >= 4 is 35.4 Å². The Morgan fingerprint density at radius 1 is 0.795 bits per heavy atom. The second-order valence-electron chi connectivity index (χ2n) is 11.3. The molecule has 0 spiro atoms. The van der Waals surface area contributed by atoms with E-state index in [1.54, 1.807) is 45.0 Å². The summed E-state index contributed by atoms with van der Waals surface area (Å²) in [5, 5.41) is 32.8. The lowest BCUT2D eigenvalue weighted by Crippen LogP contribution is -2.57. The number of nitrogens with one attached hydrogen (secondary N) is 5. The summed E-state index contributed by atoms with van der Waals surface area (Å²) < 4.78 is 0. The maximum atomic E-state index is 13.1. The lowest BCUT2D eigenvalue weighted by atomic mass is 9.98. The van der Waals surface area contributed by atoms with Crippen LogP contribution in [-0.4, -0.2) is 87.9 Å². The van der Waals surface area contributed by atoms with Gasteiger partial charge in [0.2, 0.25) is 23.6 Å². The van der Waals surface area contributed by atoms with Crippen molar-refractivity contribution in [2.75, 3.05) is 0 Å². The van der Waals surface area contributed by atoms with Crippen LogP contribution in [0.2, 0.25) is 0 Å². The van der Waals surface area contributed by atoms with Crippen LogP contribution in [-0.2, 0) is 41.7 Å². The summed E-state index contributed by atoms with van der Waals surface area (Å²) in [6.07, 6.45) is -1.80. The normalized spacial score (nSPS) is 14.7. The molecule has 9 N–H and O–H groups in total. The van der Waals surface area contributed by atoms with Gasteiger partial charge in [0, 0.05) is 25.0 Å². The molecule has 246 valence electrons. The van der Waals surface area contributed by atoms with E-state index >= 15 is 0 Å². The van der Waals surface area contributed by atoms with Crippen molar-refractivity contribution in [2.45, 2.75) is 116 Å². The van der Waals surface area contributed by atoms with Gasteiger partial charge in [0.25, 0.3) is 0 Å². The SMILES string of the molecule is CCC(=O)[C@H](CC(=O)NCc1ccccc1C[C@H](NC(C)C)C(=O)N[C@H](C(N)=O)[C@@H](C)O)NC(=O)C(CC(=O)O)NC(C)C. The molecular formula is C30H48N6O8. The average molecular weight is 621 g/mol. The van der Waals surface area contributed by atoms with E-state index in [0.29, 0.717) is 5.56 Å². The third-order valence-corrected chi connectivity index (χ3v) is 6.63. The van der Waals surface area contributed by atoms with E-state index in [1.165, 1.54) is 6.92 Å². The number of carboxylic acid groups (broad SMARTS) is 1. The molecule has 14 heteroatoms. The zero-order chi connectivity index (χ0) is 33.6. The fraction of sp³-hybridized carbons (Fsp3) is 0.600. The maximum absolute atomic E-state index is 13.1. The molecule has 0 aliphatic rings. The quantitative estimate of drug-likeness (QED) is 0.0910. The number of aliphatic carboxylic acids is 1. The Balaban J connectivity index is 3.03. The molecule has 0 aliphatic carbocycles. The number of hydrogen-bond acceptors (Lipinski definition) is 9. The third kappa shape index (κ3) is 13.6. The van der Waals surface area contributed by atoms with Gasteiger partial charge in [-0.1, -0.05) is 58.9 Å². The number of aliphatic hydroxyl groups is 1. The van der Waals surface area contributed by atoms with Crippen LogP contribution in [0.5, 0.6) is 0 Å². The molecule has 0 aliphatic heterocycles. The summed E-state index contributed by atoms with van der Waals surface area (Å²) in [5.74, 6) is -4.19. The predicted octanol–water partition coefficient (Wildman–Crippen LogP) is -0.742. The van der Waals surface area contributed by atoms with Gasteiger partial charge >= 0.3 is 5.97 Å². The van der Waals surface area contributed by atoms with Gasteiger partial charge in [-0.15, -0.1) is 0 Å². The summed E-state index contributed by atoms with van der Waals surface area (Å²) >= 11 is 0. The van der Waals surface area contributed by atoms with Crippen molar-refractivity contribution in [1.29, 1.82) is 0 Å². The minimum Gasteiger partial charge on any atom is -0.481 e. The van der Waals surface area contributed by atoms with Gasteiger partial charge in [0.15, 0.2) is 5.78 Å². The monoisotopic (exact) mass is 620 g/mol. The number of carbonyl (C=O) groups excluding carboxylic acids is 5. The highest BCUT2D eigenvalue weighted by atomic mass is 16.4. The number of rotatable bonds is 20. The van der Waals surface area contributed by atoms with Crippen LogP contribution in [0.15, 0.2) is 24.3 Å². The van der Waals surface area contributed by atoms with Crippen LogP contribution in [0.3, 0.4) is 0 Å². The summed E-state index contributed by atoms with van der Waals surface area (Å²) in [4.78, 5) is 74.4. The highest BCUT2D eigenvalue weighted by molar-refractivity contribution is 5.95. The molecule has 1 aromatic carbocycles. The van der Waals surface area contributed by atoms with E-state index in [-0.39, 0.29) is 43.7 Å². The molecule has 14 nitrogen and oxygen atoms in total. The zero-order valence-corrected chi connectivity index (χ0v) is 26.3. The first-order chi connectivity index (χ1) is 20.5. The van der Waals surface area contributed by atoms with Crippen molar-refractivity contribution in [1.82, 2.24) is 26.6 Å². The van der Waals surface area contributed by atoms with Crippen LogP contribution < -0.4 is 32.3 Å². The van der Waals surface area contributed by atoms with Gasteiger partial charge in [-0.25, -0.2) is 0 Å². The lowest BCUT2D eigenvalue weighted by molar-refractivity contribution is -0.140. The summed E-state index contributed by atoms with van der Waals surface area (Å²) in [6.45, 7) is 10.2. The molecule has 44 heavy (non-hydrogen) atoms. The standard InChI is InChI=1S/C30H48N6O8/c1-7-24(38)21(35-29(43)23(14-26(40)41)34-17(4)5)13-25(39)32-15-20-11-9-8-10-19(20)12-22(33-16(2)3)30(44)36-27(18(6)37)28(31)42/h8-11,16-18,21-23,27,33-34,37H,7,12-15H2,1-6H3,(H2,31,42)(H,32,39)(H,35,43)(H,36,44)(H,40,41)/t18-,21+,22+,23?,27+/m1/s1. The molecule has 0 radical (unpaired) electrons. The Morgan fingerprint density at radius 3 is 1.84 bits per heavy atom. The van der Waals surface area contributed by atoms with Crippen LogP contribution in [0.1, 0.15) is 71.9 Å². The molecule has 0 saturated carbocycles. The fourth-order valence-electron chi connectivity index (χ4n) is 4.48. The van der Waals surface area contributed by atoms with E-state index in [9.17, 15) is 39.0 Å². The van der Waals surface area contributed by atoms with Crippen molar-refractivity contribution < 1.29 is 39.0 Å². The first kappa shape index (κ1) is 38.1. The van der Waals surface area contributed by atoms with E-state index in [1.807, 2.05) is 13.8 Å². The molecule has 4 amide bonds. The number of primary amides is 1. The van der Waals surface area contributed by atoms with Crippen molar-refractivity contribution in [3.05, 3.63) is 35.4 Å². The molecule has 0 fully saturated rings. The van der Waals surface area contributed by atoms with Crippen LogP contribution in [0, 0.1) is 0 Å². The third-order valence-electron chi connectivity index (χ3n) is 6.63. The number of amides is 4. The molecule has 1 unspecified atom stereocenters. The Hall–Kier alpha value is -3.88. The number of Topliss-reactive ketones (excluding diaryl/α,β-unsaturated/α-hetero) is 1. The summed E-state index contributed by atoms with van der Waals surface area (Å²) in [6, 6.07) is 2.49. The lowest BCUT2D eigenvalue weighted by Gasteiger charge is -2.25. The number of benzene rings is 1. The Labute approximate surface area is 258 Å². The van der Waals surface area contributed by atoms with E-state index in [0.717, 1.165) is 5.56 Å². The van der Waals surface area contributed by atoms with Crippen molar-refractivity contribution in [3.8, 4) is 0 Å². The second-order valence-corrected chi connectivity index (χ2v) is 11.3. The Kier molecular flexibility index (Phi) is 16.2. The predicted molar refractivity (Wildman–Crippen MR) is 163 cm³/mol. The van der Waals surface area contributed by atoms with Gasteiger partial charge < -0.3 is 42.5 Å². The molecule has 0 bridgehead atoms. The van der Waals surface area contributed by atoms with Crippen molar-refractivity contribution in [2.24, 2.45) is 5.73 Å². The summed E-state index contributed by atoms with van der Waals surface area (Å²) in [7, 11) is 0. The largest absolute Gasteiger partial charge is 0.481 e. The van der Waals surface area contributed by atoms with E-state index in [2.05, 4.69) is 26.6 Å². The first-order valence-electron chi connectivity index (χ1n) is 14.7. The minimum atomic E-state index is -1.27. The van der Waals surface area contributed by atoms with Gasteiger partial charge in [-0.3, -0.25) is 28.8 Å². The smallest absolute Gasteiger partial charge is 0.305 e. The van der Waals surface area contributed by atoms with Gasteiger partial charge in [0.1, 0.15) is 6.04 Å². The van der Waals surface area contributed by atoms with Crippen LogP contribution in [0.4, 0.5) is 0 Å². The first-order valence-corrected chi connectivity index (χ1v) is 14.7. The number of carboxylic acids is 1. The molecule has 5 atom stereocenters. The summed E-state index contributed by atoms with van der Waals surface area (Å²) in [5.41, 5.74) is 6.74. The zero-order valence-electron chi connectivity index (χ0n) is 26.3. The number of aliphatic hydroxyl groups excluding tert-OH is 1. The minimum absolute atomic E-state index is 0.0557. The molecule has 1 aromatic rings. The molecule has 0 heterocycles. The van der Waals surface area contributed by atoms with Crippen molar-refractivity contribution in [3.63, 3.8) is 0 Å². The number of ketones is 1. The maximum Gasteiger partial charge on any atom is 0.305 e. The molecule has 0 aromatic heterocycles. The van der Waals surface area contributed by atoms with E-state index in [4.69, 9.17) is 5.73 Å². The van der Waals surface area contributed by atoms with E-state index < -0.39 is 66.3 Å². The number of nitrogens with two attached hydrogens (primary N) is 1. The second kappa shape index (κ2) is 18.7. The van der Waals surface area contributed by atoms with Gasteiger partial charge in [-0.05, 0) is 24.5 Å². The molecule has 1 rings (SSSR count). The van der Waals surface area contributed by atoms with Crippen LogP contribution in [0.25, 0.3) is 0 Å². The van der Waals surface area contributed by atoms with Gasteiger partial charge in [0.05, 0.1) is 37.1 Å². The highest BCUT2D eigenvalue weighted by Crippen LogP contribution is 2.13. The Morgan fingerprint density at radius 2 is 1.34 bits per heavy atom.